The summed E-state index contributed by atoms with van der Waals surface area (Å²) < 4.78 is 2.31. The Bertz CT molecular complexity index is 356. The van der Waals surface area contributed by atoms with E-state index in [9.17, 15) is 0 Å². The topological polar surface area (TPSA) is 33.1 Å². The van der Waals surface area contributed by atoms with Crippen LogP contribution in [-0.2, 0) is 0 Å². The predicted molar refractivity (Wildman–Crippen MR) is 64.6 cm³/mol. The van der Waals surface area contributed by atoms with E-state index in [1.165, 1.54) is 32.4 Å². The molecule has 4 nitrogen and oxygen atoms in total. The van der Waals surface area contributed by atoms with Crippen LogP contribution in [0.2, 0.25) is 0 Å². The molecule has 1 unspecified atom stereocenters. The molecule has 2 fully saturated rings. The van der Waals surface area contributed by atoms with Gasteiger partial charge in [0.1, 0.15) is 0 Å². The number of anilines is 1. The van der Waals surface area contributed by atoms with Crippen LogP contribution in [-0.4, -0.2) is 40.1 Å². The van der Waals surface area contributed by atoms with Gasteiger partial charge in [-0.25, -0.2) is 4.98 Å². The summed E-state index contributed by atoms with van der Waals surface area (Å²) in [4.78, 5) is 7.01. The van der Waals surface area contributed by atoms with Gasteiger partial charge in [-0.15, -0.1) is 0 Å². The molecular formula is C12H20N4. The molecule has 0 aromatic carbocycles. The van der Waals surface area contributed by atoms with Crippen molar-refractivity contribution in [2.75, 3.05) is 25.0 Å². The maximum atomic E-state index is 4.37. The van der Waals surface area contributed by atoms with Crippen molar-refractivity contribution in [1.29, 1.82) is 0 Å². The van der Waals surface area contributed by atoms with Crippen LogP contribution in [0.15, 0.2) is 12.4 Å². The molecule has 3 rings (SSSR count). The number of nitrogens with one attached hydrogen (secondary N) is 1. The van der Waals surface area contributed by atoms with E-state index in [0.717, 1.165) is 18.5 Å². The van der Waals surface area contributed by atoms with Crippen molar-refractivity contribution < 1.29 is 0 Å². The molecule has 1 atom stereocenters. The molecule has 1 aromatic rings. The maximum absolute atomic E-state index is 4.37. The monoisotopic (exact) mass is 220 g/mol. The number of hydrogen-bond donors (Lipinski definition) is 1. The molecule has 1 aliphatic heterocycles. The summed E-state index contributed by atoms with van der Waals surface area (Å²) in [5.74, 6) is 1.03. The average molecular weight is 220 g/mol. The maximum Gasteiger partial charge on any atom is 0.203 e. The Morgan fingerprint density at radius 2 is 2.25 bits per heavy atom. The lowest BCUT2D eigenvalue weighted by atomic mass is 10.2. The highest BCUT2D eigenvalue weighted by Crippen LogP contribution is 2.34. The van der Waals surface area contributed by atoms with E-state index < -0.39 is 0 Å². The van der Waals surface area contributed by atoms with Crippen molar-refractivity contribution >= 4 is 5.95 Å². The van der Waals surface area contributed by atoms with E-state index >= 15 is 0 Å². The minimum absolute atomic E-state index is 0.622. The van der Waals surface area contributed by atoms with Crippen LogP contribution in [0.5, 0.6) is 0 Å². The summed E-state index contributed by atoms with van der Waals surface area (Å²) in [5.41, 5.74) is 0. The highest BCUT2D eigenvalue weighted by atomic mass is 15.3. The van der Waals surface area contributed by atoms with Gasteiger partial charge in [0, 0.05) is 38.1 Å². The van der Waals surface area contributed by atoms with Crippen molar-refractivity contribution in [3.8, 4) is 0 Å². The lowest BCUT2D eigenvalue weighted by molar-refractivity contribution is 0.314. The van der Waals surface area contributed by atoms with Crippen LogP contribution < -0.4 is 5.32 Å². The van der Waals surface area contributed by atoms with Crippen molar-refractivity contribution in [2.24, 2.45) is 0 Å². The van der Waals surface area contributed by atoms with Crippen LogP contribution in [0.1, 0.15) is 32.2 Å². The van der Waals surface area contributed by atoms with E-state index in [1.807, 2.05) is 6.20 Å². The molecule has 2 heterocycles. The quantitative estimate of drug-likeness (QED) is 0.838. The fourth-order valence-electron chi connectivity index (χ4n) is 2.67. The third-order valence-corrected chi connectivity index (χ3v) is 3.66. The van der Waals surface area contributed by atoms with Crippen molar-refractivity contribution in [2.45, 2.75) is 38.3 Å². The van der Waals surface area contributed by atoms with Gasteiger partial charge in [0.05, 0.1) is 6.04 Å². The molecule has 1 aromatic heterocycles. The van der Waals surface area contributed by atoms with E-state index in [2.05, 4.69) is 32.9 Å². The van der Waals surface area contributed by atoms with Crippen LogP contribution in [0.3, 0.4) is 0 Å². The lowest BCUT2D eigenvalue weighted by Gasteiger charge is -2.17. The molecule has 4 heteroatoms. The first-order chi connectivity index (χ1) is 7.88. The van der Waals surface area contributed by atoms with E-state index in [1.54, 1.807) is 0 Å². The molecule has 0 amide bonds. The largest absolute Gasteiger partial charge is 0.356 e. The Morgan fingerprint density at radius 1 is 1.38 bits per heavy atom. The molecule has 0 spiro atoms. The molecule has 1 saturated heterocycles. The van der Waals surface area contributed by atoms with E-state index in [0.29, 0.717) is 6.04 Å². The average Bonchev–Trinajstić information content (AvgIpc) is 2.85. The number of imidazole rings is 1. The van der Waals surface area contributed by atoms with Gasteiger partial charge < -0.3 is 9.88 Å². The number of rotatable bonds is 4. The van der Waals surface area contributed by atoms with Crippen LogP contribution in [0.4, 0.5) is 5.95 Å². The summed E-state index contributed by atoms with van der Waals surface area (Å²) in [6.07, 6.45) is 8.11. The number of aromatic nitrogens is 2. The van der Waals surface area contributed by atoms with Crippen LogP contribution in [0.25, 0.3) is 0 Å². The molecule has 1 saturated carbocycles. The van der Waals surface area contributed by atoms with E-state index in [-0.39, 0.29) is 0 Å². The van der Waals surface area contributed by atoms with Crippen LogP contribution >= 0.6 is 0 Å². The summed E-state index contributed by atoms with van der Waals surface area (Å²) in [7, 11) is 0. The highest BCUT2D eigenvalue weighted by Gasteiger charge is 2.35. The SMILES string of the molecule is CCNc1nccn1C1CCN(C2CC2)C1. The molecule has 0 bridgehead atoms. The number of nitrogens with zero attached hydrogens (tertiary/aromatic N) is 3. The predicted octanol–water partition coefficient (Wildman–Crippen LogP) is 1.72. The van der Waals surface area contributed by atoms with Gasteiger partial charge >= 0.3 is 0 Å². The van der Waals surface area contributed by atoms with Gasteiger partial charge in [-0.1, -0.05) is 0 Å². The summed E-state index contributed by atoms with van der Waals surface area (Å²) in [6.45, 7) is 5.53. The molecule has 0 radical (unpaired) electrons. The van der Waals surface area contributed by atoms with Gasteiger partial charge in [-0.05, 0) is 26.2 Å². The smallest absolute Gasteiger partial charge is 0.203 e. The third-order valence-electron chi connectivity index (χ3n) is 3.66. The zero-order valence-corrected chi connectivity index (χ0v) is 9.89. The Kier molecular flexibility index (Phi) is 2.59. The molecular weight excluding hydrogens is 200 g/mol. The lowest BCUT2D eigenvalue weighted by Crippen LogP contribution is -2.24. The molecule has 88 valence electrons. The second-order valence-electron chi connectivity index (χ2n) is 4.86. The molecule has 2 aliphatic rings. The van der Waals surface area contributed by atoms with Gasteiger partial charge in [0.2, 0.25) is 5.95 Å². The first-order valence-electron chi connectivity index (χ1n) is 6.39. The molecule has 16 heavy (non-hydrogen) atoms. The minimum Gasteiger partial charge on any atom is -0.356 e. The second-order valence-corrected chi connectivity index (χ2v) is 4.86. The zero-order valence-electron chi connectivity index (χ0n) is 9.89. The van der Waals surface area contributed by atoms with E-state index in [4.69, 9.17) is 0 Å². The summed E-state index contributed by atoms with van der Waals surface area (Å²) in [5, 5.41) is 3.33. The Balaban J connectivity index is 1.69. The Morgan fingerprint density at radius 3 is 3.00 bits per heavy atom. The molecule has 1 N–H and O–H groups in total. The number of hydrogen-bond acceptors (Lipinski definition) is 3. The minimum atomic E-state index is 0.622. The zero-order chi connectivity index (χ0) is 11.0. The second kappa shape index (κ2) is 4.09. The first-order valence-corrected chi connectivity index (χ1v) is 6.39. The fraction of sp³-hybridized carbons (Fsp3) is 0.750. The van der Waals surface area contributed by atoms with Crippen LogP contribution in [0, 0.1) is 0 Å². The van der Waals surface area contributed by atoms with Crippen molar-refractivity contribution in [3.05, 3.63) is 12.4 Å². The van der Waals surface area contributed by atoms with Gasteiger partial charge in [0.25, 0.3) is 0 Å². The Hall–Kier alpha value is -1.03. The van der Waals surface area contributed by atoms with Gasteiger partial charge in [0.15, 0.2) is 0 Å². The number of likely N-dealkylation sites (tertiary alicyclic amines) is 1. The summed E-state index contributed by atoms with van der Waals surface area (Å²) in [6, 6.07) is 1.52. The standard InChI is InChI=1S/C12H20N4/c1-2-13-12-14-6-8-16(12)11-5-7-15(9-11)10-3-4-10/h6,8,10-11H,2-5,7,9H2,1H3,(H,13,14). The highest BCUT2D eigenvalue weighted by molar-refractivity contribution is 5.26. The van der Waals surface area contributed by atoms with Gasteiger partial charge in [-0.2, -0.15) is 0 Å². The first kappa shape index (κ1) is 10.1. The third kappa shape index (κ3) is 1.82. The fourth-order valence-corrected chi connectivity index (χ4v) is 2.67. The Labute approximate surface area is 96.7 Å². The summed E-state index contributed by atoms with van der Waals surface area (Å²) >= 11 is 0. The van der Waals surface area contributed by atoms with Gasteiger partial charge in [-0.3, -0.25) is 4.90 Å². The van der Waals surface area contributed by atoms with Crippen molar-refractivity contribution in [3.63, 3.8) is 0 Å². The van der Waals surface area contributed by atoms with Crippen molar-refractivity contribution in [1.82, 2.24) is 14.5 Å². The normalized spacial score (nSPS) is 26.2. The molecule has 1 aliphatic carbocycles.